The zero-order valence-electron chi connectivity index (χ0n) is 18.7. The number of hydrogen-bond acceptors (Lipinski definition) is 4. The van der Waals surface area contributed by atoms with Gasteiger partial charge in [0.05, 0.1) is 11.6 Å². The third-order valence-electron chi connectivity index (χ3n) is 6.62. The molecule has 2 N–H and O–H groups in total. The molecular weight excluding hydrogens is 512 g/mol. The highest BCUT2D eigenvalue weighted by Crippen LogP contribution is 2.44. The second kappa shape index (κ2) is 9.54. The first-order chi connectivity index (χ1) is 16.9. The topological polar surface area (TPSA) is 95.9 Å². The summed E-state index contributed by atoms with van der Waals surface area (Å²) in [6.45, 7) is 0.751. The fourth-order valence-electron chi connectivity index (χ4n) is 4.83. The number of anilines is 1. The normalized spacial score (nSPS) is 16.5. The van der Waals surface area contributed by atoms with Crippen LogP contribution in [-0.2, 0) is 9.53 Å². The Hall–Kier alpha value is -3.65. The second-order valence-corrected chi connectivity index (χ2v) is 9.57. The van der Waals surface area contributed by atoms with E-state index in [9.17, 15) is 19.5 Å². The molecule has 3 aromatic carbocycles. The van der Waals surface area contributed by atoms with Crippen molar-refractivity contribution in [3.05, 3.63) is 87.9 Å². The minimum Gasteiger partial charge on any atom is -0.481 e. The van der Waals surface area contributed by atoms with Crippen LogP contribution in [0.4, 0.5) is 10.5 Å². The van der Waals surface area contributed by atoms with Gasteiger partial charge in [0.25, 0.3) is 5.91 Å². The predicted octanol–water partition coefficient (Wildman–Crippen LogP) is 5.36. The number of fused-ring (bicyclic) bond motifs is 3. The van der Waals surface area contributed by atoms with Crippen molar-refractivity contribution in [2.45, 2.75) is 12.3 Å². The SMILES string of the molecule is O=C(Nc1cc(C(=O)N2CCC(C(=O)O)C2)ccc1Br)OCC1c2ccccc2-c2ccccc21. The Bertz CT molecular complexity index is 1280. The molecule has 8 heteroatoms. The summed E-state index contributed by atoms with van der Waals surface area (Å²) >= 11 is 3.41. The summed E-state index contributed by atoms with van der Waals surface area (Å²) in [5.74, 6) is -1.76. The van der Waals surface area contributed by atoms with Gasteiger partial charge in [0, 0.05) is 29.0 Å². The number of carboxylic acid groups (broad SMARTS) is 1. The fraction of sp³-hybridized carbons (Fsp3) is 0.222. The van der Waals surface area contributed by atoms with Crippen LogP contribution >= 0.6 is 15.9 Å². The first-order valence-corrected chi connectivity index (χ1v) is 12.2. The quantitative estimate of drug-likeness (QED) is 0.459. The van der Waals surface area contributed by atoms with Crippen LogP contribution in [0.2, 0.25) is 0 Å². The van der Waals surface area contributed by atoms with Gasteiger partial charge in [-0.3, -0.25) is 14.9 Å². The highest BCUT2D eigenvalue weighted by molar-refractivity contribution is 9.10. The lowest BCUT2D eigenvalue weighted by Crippen LogP contribution is -2.30. The van der Waals surface area contributed by atoms with Crippen LogP contribution in [0.15, 0.2) is 71.2 Å². The predicted molar refractivity (Wildman–Crippen MR) is 134 cm³/mol. The van der Waals surface area contributed by atoms with Gasteiger partial charge in [-0.2, -0.15) is 0 Å². The lowest BCUT2D eigenvalue weighted by atomic mass is 9.98. The van der Waals surface area contributed by atoms with E-state index in [0.29, 0.717) is 28.7 Å². The standard InChI is InChI=1S/C27H23BrN2O5/c28-23-10-9-16(25(31)30-12-11-17(14-30)26(32)33)13-24(23)29-27(34)35-15-22-20-7-3-1-5-18(20)19-6-2-4-8-21(19)22/h1-10,13,17,22H,11-12,14-15H2,(H,29,34)(H,32,33). The molecule has 1 aliphatic heterocycles. The summed E-state index contributed by atoms with van der Waals surface area (Å²) in [7, 11) is 0. The van der Waals surface area contributed by atoms with E-state index in [1.807, 2.05) is 24.3 Å². The minimum atomic E-state index is -0.895. The van der Waals surface area contributed by atoms with Gasteiger partial charge < -0.3 is 14.7 Å². The summed E-state index contributed by atoms with van der Waals surface area (Å²) in [6, 6.07) is 21.1. The van der Waals surface area contributed by atoms with E-state index in [2.05, 4.69) is 45.5 Å². The number of carboxylic acids is 1. The van der Waals surface area contributed by atoms with Gasteiger partial charge in [-0.05, 0) is 62.8 Å². The molecule has 0 aromatic heterocycles. The zero-order chi connectivity index (χ0) is 24.5. The number of benzene rings is 3. The molecule has 1 aliphatic carbocycles. The van der Waals surface area contributed by atoms with Crippen molar-refractivity contribution in [2.24, 2.45) is 5.92 Å². The molecular formula is C27H23BrN2O5. The summed E-state index contributed by atoms with van der Waals surface area (Å²) in [4.78, 5) is 38.3. The van der Waals surface area contributed by atoms with Gasteiger partial charge >= 0.3 is 12.1 Å². The molecule has 1 saturated heterocycles. The molecule has 178 valence electrons. The van der Waals surface area contributed by atoms with Crippen molar-refractivity contribution < 1.29 is 24.2 Å². The van der Waals surface area contributed by atoms with Gasteiger partial charge in [-0.25, -0.2) is 4.79 Å². The molecule has 2 amide bonds. The molecule has 2 aliphatic rings. The van der Waals surface area contributed by atoms with Gasteiger partial charge in [-0.1, -0.05) is 48.5 Å². The average Bonchev–Trinajstić information content (AvgIpc) is 3.48. The van der Waals surface area contributed by atoms with E-state index < -0.39 is 18.0 Å². The number of nitrogens with zero attached hydrogens (tertiary/aromatic N) is 1. The molecule has 5 rings (SSSR count). The molecule has 0 radical (unpaired) electrons. The largest absolute Gasteiger partial charge is 0.481 e. The van der Waals surface area contributed by atoms with Crippen LogP contribution in [0.1, 0.15) is 33.8 Å². The molecule has 3 aromatic rings. The van der Waals surface area contributed by atoms with Gasteiger partial charge in [-0.15, -0.1) is 0 Å². The number of hydrogen-bond donors (Lipinski definition) is 2. The lowest BCUT2D eigenvalue weighted by Gasteiger charge is -2.17. The Balaban J connectivity index is 1.26. The van der Waals surface area contributed by atoms with Crippen molar-refractivity contribution in [3.63, 3.8) is 0 Å². The van der Waals surface area contributed by atoms with Crippen LogP contribution in [0, 0.1) is 5.92 Å². The maximum atomic E-state index is 12.9. The number of nitrogens with one attached hydrogen (secondary N) is 1. The average molecular weight is 535 g/mol. The Morgan fingerprint density at radius 3 is 2.29 bits per heavy atom. The van der Waals surface area contributed by atoms with E-state index in [-0.39, 0.29) is 25.0 Å². The third kappa shape index (κ3) is 4.53. The Labute approximate surface area is 210 Å². The second-order valence-electron chi connectivity index (χ2n) is 8.72. The zero-order valence-corrected chi connectivity index (χ0v) is 20.3. The van der Waals surface area contributed by atoms with Gasteiger partial charge in [0.15, 0.2) is 0 Å². The molecule has 0 bridgehead atoms. The van der Waals surface area contributed by atoms with E-state index in [1.54, 1.807) is 18.2 Å². The summed E-state index contributed by atoms with van der Waals surface area (Å²) in [5, 5.41) is 11.9. The number of aliphatic carboxylic acids is 1. The van der Waals surface area contributed by atoms with Crippen molar-refractivity contribution in [1.29, 1.82) is 0 Å². The number of ether oxygens (including phenoxy) is 1. The third-order valence-corrected chi connectivity index (χ3v) is 7.31. The molecule has 35 heavy (non-hydrogen) atoms. The summed E-state index contributed by atoms with van der Waals surface area (Å²) in [6.07, 6.45) is -0.188. The van der Waals surface area contributed by atoms with Crippen LogP contribution in [-0.4, -0.2) is 47.7 Å². The minimum absolute atomic E-state index is 0.0538. The molecule has 1 fully saturated rings. The lowest BCUT2D eigenvalue weighted by molar-refractivity contribution is -0.141. The molecule has 7 nitrogen and oxygen atoms in total. The van der Waals surface area contributed by atoms with Crippen LogP contribution < -0.4 is 5.32 Å². The number of likely N-dealkylation sites (tertiary alicyclic amines) is 1. The molecule has 1 heterocycles. The van der Waals surface area contributed by atoms with E-state index in [4.69, 9.17) is 4.74 Å². The Kier molecular flexibility index (Phi) is 6.30. The molecule has 1 unspecified atom stereocenters. The maximum Gasteiger partial charge on any atom is 0.411 e. The number of carbonyl (C=O) groups is 3. The molecule has 1 atom stereocenters. The van der Waals surface area contributed by atoms with Crippen LogP contribution in [0.5, 0.6) is 0 Å². The first-order valence-electron chi connectivity index (χ1n) is 11.4. The summed E-state index contributed by atoms with van der Waals surface area (Å²) < 4.78 is 6.21. The first kappa shape index (κ1) is 23.1. The van der Waals surface area contributed by atoms with Crippen LogP contribution in [0.25, 0.3) is 11.1 Å². The van der Waals surface area contributed by atoms with Gasteiger partial charge in [0.1, 0.15) is 6.61 Å². The van der Waals surface area contributed by atoms with E-state index >= 15 is 0 Å². The smallest absolute Gasteiger partial charge is 0.411 e. The number of rotatable bonds is 5. The fourth-order valence-corrected chi connectivity index (χ4v) is 5.17. The Morgan fingerprint density at radius 1 is 1.00 bits per heavy atom. The number of carbonyl (C=O) groups excluding carboxylic acids is 2. The highest BCUT2D eigenvalue weighted by Gasteiger charge is 2.32. The van der Waals surface area contributed by atoms with Crippen LogP contribution in [0.3, 0.4) is 0 Å². The van der Waals surface area contributed by atoms with Crippen molar-refractivity contribution in [2.75, 3.05) is 25.0 Å². The van der Waals surface area contributed by atoms with Crippen molar-refractivity contribution >= 4 is 39.6 Å². The Morgan fingerprint density at radius 2 is 1.66 bits per heavy atom. The number of amides is 2. The highest BCUT2D eigenvalue weighted by atomic mass is 79.9. The number of halogens is 1. The molecule has 0 spiro atoms. The van der Waals surface area contributed by atoms with E-state index in [0.717, 1.165) is 22.3 Å². The molecule has 0 saturated carbocycles. The van der Waals surface area contributed by atoms with E-state index in [1.165, 1.54) is 4.90 Å². The monoisotopic (exact) mass is 534 g/mol. The van der Waals surface area contributed by atoms with Crippen molar-refractivity contribution in [1.82, 2.24) is 4.90 Å². The van der Waals surface area contributed by atoms with Gasteiger partial charge in [0.2, 0.25) is 0 Å². The summed E-state index contributed by atoms with van der Waals surface area (Å²) in [5.41, 5.74) is 5.33. The van der Waals surface area contributed by atoms with Crippen molar-refractivity contribution in [3.8, 4) is 11.1 Å². The maximum absolute atomic E-state index is 12.9.